The molecule has 0 bridgehead atoms. The number of hydrogen-bond donors (Lipinski definition) is 2. The van der Waals surface area contributed by atoms with Gasteiger partial charge in [0.15, 0.2) is 5.11 Å². The van der Waals surface area contributed by atoms with Crippen molar-refractivity contribution in [2.75, 3.05) is 0 Å². The molecule has 3 N–H and O–H groups in total. The first-order valence-electron chi connectivity index (χ1n) is 5.00. The predicted octanol–water partition coefficient (Wildman–Crippen LogP) is 1.82. The maximum absolute atomic E-state index is 10.6. The van der Waals surface area contributed by atoms with Gasteiger partial charge in [0.2, 0.25) is 0 Å². The van der Waals surface area contributed by atoms with E-state index in [4.69, 9.17) is 5.73 Å². The Morgan fingerprint density at radius 1 is 1.61 bits per heavy atom. The Hall–Kier alpha value is -2.28. The monoisotopic (exact) mass is 264 g/mol. The Bertz CT molecular complexity index is 526. The molecule has 0 saturated carbocycles. The summed E-state index contributed by atoms with van der Waals surface area (Å²) in [6.45, 7) is 1.81. The smallest absolute Gasteiger partial charge is 0.270 e. The van der Waals surface area contributed by atoms with Crippen molar-refractivity contribution >= 4 is 35.3 Å². The molecule has 18 heavy (non-hydrogen) atoms. The van der Waals surface area contributed by atoms with E-state index >= 15 is 0 Å². The molecule has 0 radical (unpaired) electrons. The molecular weight excluding hydrogens is 252 g/mol. The molecule has 7 heteroatoms. The number of nitrogens with zero attached hydrogens (tertiary/aromatic N) is 2. The number of nitro groups is 1. The summed E-state index contributed by atoms with van der Waals surface area (Å²) in [5.74, 6) is 0. The number of allylic oxidation sites excluding steroid dienone is 1. The summed E-state index contributed by atoms with van der Waals surface area (Å²) in [6.07, 6.45) is 3.29. The average Bonchev–Trinajstić information content (AvgIpc) is 2.28. The molecule has 0 aliphatic carbocycles. The molecule has 0 aliphatic rings. The van der Waals surface area contributed by atoms with Crippen LogP contribution in [0.25, 0.3) is 6.08 Å². The summed E-state index contributed by atoms with van der Waals surface area (Å²) < 4.78 is 0. The van der Waals surface area contributed by atoms with Crippen LogP contribution < -0.4 is 11.2 Å². The molecular formula is C11H12N4O2S. The van der Waals surface area contributed by atoms with Crippen LogP contribution in [-0.2, 0) is 0 Å². The lowest BCUT2D eigenvalue weighted by atomic mass is 10.1. The maximum Gasteiger partial charge on any atom is 0.270 e. The van der Waals surface area contributed by atoms with E-state index in [0.29, 0.717) is 0 Å². The van der Waals surface area contributed by atoms with E-state index in [1.165, 1.54) is 18.3 Å². The quantitative estimate of drug-likeness (QED) is 0.374. The van der Waals surface area contributed by atoms with Crippen LogP contribution in [-0.4, -0.2) is 16.3 Å². The standard InChI is InChI=1S/C11H12N4O2S/c1-8(7-13-14-11(12)18)5-9-3-2-4-10(6-9)15(16)17/h2-7H,1H3,(H3,12,14,18). The zero-order valence-corrected chi connectivity index (χ0v) is 10.5. The highest BCUT2D eigenvalue weighted by atomic mass is 32.1. The zero-order valence-electron chi connectivity index (χ0n) is 9.66. The van der Waals surface area contributed by atoms with Crippen molar-refractivity contribution in [3.8, 4) is 0 Å². The third-order valence-corrected chi connectivity index (χ3v) is 2.01. The van der Waals surface area contributed by atoms with Crippen molar-refractivity contribution in [3.63, 3.8) is 0 Å². The molecule has 1 aromatic carbocycles. The minimum atomic E-state index is -0.435. The second kappa shape index (κ2) is 6.45. The van der Waals surface area contributed by atoms with Crippen LogP contribution in [0.4, 0.5) is 5.69 Å². The van der Waals surface area contributed by atoms with Crippen molar-refractivity contribution in [2.45, 2.75) is 6.92 Å². The van der Waals surface area contributed by atoms with Crippen molar-refractivity contribution in [1.82, 2.24) is 5.43 Å². The summed E-state index contributed by atoms with van der Waals surface area (Å²) in [6, 6.07) is 6.32. The predicted molar refractivity (Wildman–Crippen MR) is 75.2 cm³/mol. The summed E-state index contributed by atoms with van der Waals surface area (Å²) in [4.78, 5) is 10.2. The highest BCUT2D eigenvalue weighted by Crippen LogP contribution is 2.15. The fourth-order valence-corrected chi connectivity index (χ4v) is 1.28. The van der Waals surface area contributed by atoms with Crippen LogP contribution in [0.15, 0.2) is 34.9 Å². The molecule has 0 heterocycles. The summed E-state index contributed by atoms with van der Waals surface area (Å²) in [5, 5.41) is 14.5. The molecule has 0 fully saturated rings. The number of hydrazone groups is 1. The van der Waals surface area contributed by atoms with Crippen LogP contribution in [0.5, 0.6) is 0 Å². The minimum Gasteiger partial charge on any atom is -0.375 e. The lowest BCUT2D eigenvalue weighted by molar-refractivity contribution is -0.384. The van der Waals surface area contributed by atoms with Crippen LogP contribution in [0.3, 0.4) is 0 Å². The van der Waals surface area contributed by atoms with Gasteiger partial charge in [-0.05, 0) is 30.3 Å². The largest absolute Gasteiger partial charge is 0.375 e. The van der Waals surface area contributed by atoms with Gasteiger partial charge in [-0.25, -0.2) is 0 Å². The molecule has 0 amide bonds. The first kappa shape index (κ1) is 13.8. The number of non-ortho nitro benzene ring substituents is 1. The number of benzene rings is 1. The van der Waals surface area contributed by atoms with E-state index in [2.05, 4.69) is 22.7 Å². The van der Waals surface area contributed by atoms with Crippen LogP contribution >= 0.6 is 12.2 Å². The molecule has 0 aromatic heterocycles. The van der Waals surface area contributed by atoms with Crippen LogP contribution in [0, 0.1) is 10.1 Å². The minimum absolute atomic E-state index is 0.0507. The van der Waals surface area contributed by atoms with Gasteiger partial charge in [-0.1, -0.05) is 18.2 Å². The fraction of sp³-hybridized carbons (Fsp3) is 0.0909. The molecule has 0 saturated heterocycles. The fourth-order valence-electron chi connectivity index (χ4n) is 1.23. The summed E-state index contributed by atoms with van der Waals surface area (Å²) in [7, 11) is 0. The molecule has 94 valence electrons. The van der Waals surface area contributed by atoms with Gasteiger partial charge in [0.25, 0.3) is 5.69 Å². The number of thiocarbonyl (C=S) groups is 1. The second-order valence-corrected chi connectivity index (χ2v) is 3.91. The van der Waals surface area contributed by atoms with Gasteiger partial charge in [0.05, 0.1) is 11.1 Å². The Kier molecular flexibility index (Phi) is 4.94. The van der Waals surface area contributed by atoms with Crippen LogP contribution in [0.1, 0.15) is 12.5 Å². The topological polar surface area (TPSA) is 93.5 Å². The maximum atomic E-state index is 10.6. The molecule has 0 atom stereocenters. The Labute approximate surface area is 109 Å². The second-order valence-electron chi connectivity index (χ2n) is 3.47. The lowest BCUT2D eigenvalue weighted by Gasteiger charge is -1.97. The van der Waals surface area contributed by atoms with E-state index in [1.807, 2.05) is 6.92 Å². The van der Waals surface area contributed by atoms with Crippen molar-refractivity contribution in [2.24, 2.45) is 10.8 Å². The number of nitrogens with two attached hydrogens (primary N) is 1. The van der Waals surface area contributed by atoms with Crippen molar-refractivity contribution in [1.29, 1.82) is 0 Å². The van der Waals surface area contributed by atoms with Gasteiger partial charge in [0.1, 0.15) is 0 Å². The first-order chi connectivity index (χ1) is 8.49. The molecule has 0 aliphatic heterocycles. The number of nitrogens with one attached hydrogen (secondary N) is 1. The highest BCUT2D eigenvalue weighted by molar-refractivity contribution is 7.80. The molecule has 0 spiro atoms. The zero-order chi connectivity index (χ0) is 13.5. The molecule has 0 unspecified atom stereocenters. The van der Waals surface area contributed by atoms with Gasteiger partial charge in [0, 0.05) is 12.1 Å². The number of hydrogen-bond acceptors (Lipinski definition) is 4. The molecule has 6 nitrogen and oxygen atoms in total. The lowest BCUT2D eigenvalue weighted by Crippen LogP contribution is -2.23. The third kappa shape index (κ3) is 4.71. The van der Waals surface area contributed by atoms with Gasteiger partial charge in [-0.2, -0.15) is 5.10 Å². The summed E-state index contributed by atoms with van der Waals surface area (Å²) >= 11 is 4.58. The highest BCUT2D eigenvalue weighted by Gasteiger charge is 2.03. The molecule has 1 rings (SSSR count). The normalized spacial score (nSPS) is 11.5. The van der Waals surface area contributed by atoms with E-state index in [-0.39, 0.29) is 10.8 Å². The van der Waals surface area contributed by atoms with E-state index in [9.17, 15) is 10.1 Å². The van der Waals surface area contributed by atoms with Crippen molar-refractivity contribution < 1.29 is 4.92 Å². The Morgan fingerprint density at radius 2 is 2.33 bits per heavy atom. The average molecular weight is 264 g/mol. The van der Waals surface area contributed by atoms with Crippen molar-refractivity contribution in [3.05, 3.63) is 45.5 Å². The van der Waals surface area contributed by atoms with E-state index in [1.54, 1.807) is 18.2 Å². The van der Waals surface area contributed by atoms with Gasteiger partial charge in [-0.3, -0.25) is 15.5 Å². The van der Waals surface area contributed by atoms with E-state index < -0.39 is 4.92 Å². The summed E-state index contributed by atoms with van der Waals surface area (Å²) in [5.41, 5.74) is 9.20. The number of nitro benzene ring substituents is 1. The SMILES string of the molecule is CC(C=NNC(N)=S)=Cc1cccc([N+](=O)[O-])c1. The first-order valence-corrected chi connectivity index (χ1v) is 5.41. The molecule has 1 aromatic rings. The Morgan fingerprint density at radius 3 is 2.94 bits per heavy atom. The Balaban J connectivity index is 2.82. The van der Waals surface area contributed by atoms with Gasteiger partial charge >= 0.3 is 0 Å². The third-order valence-electron chi connectivity index (χ3n) is 1.92. The van der Waals surface area contributed by atoms with Gasteiger partial charge < -0.3 is 5.73 Å². The van der Waals surface area contributed by atoms with E-state index in [0.717, 1.165) is 11.1 Å². The number of rotatable bonds is 4. The van der Waals surface area contributed by atoms with Crippen LogP contribution in [0.2, 0.25) is 0 Å². The van der Waals surface area contributed by atoms with Gasteiger partial charge in [-0.15, -0.1) is 0 Å².